The fourth-order valence-electron chi connectivity index (χ4n) is 2.33. The van der Waals surface area contributed by atoms with Crippen LogP contribution in [-0.4, -0.2) is 19.9 Å². The van der Waals surface area contributed by atoms with E-state index >= 15 is 0 Å². The Balaban J connectivity index is 1.99. The van der Waals surface area contributed by atoms with Crippen molar-refractivity contribution >= 4 is 22.8 Å². The molecule has 5 nitrogen and oxygen atoms in total. The van der Waals surface area contributed by atoms with Crippen LogP contribution in [0.3, 0.4) is 0 Å². The lowest BCUT2D eigenvalue weighted by atomic mass is 9.98. The van der Waals surface area contributed by atoms with Crippen molar-refractivity contribution in [3.05, 3.63) is 40.9 Å². The van der Waals surface area contributed by atoms with Crippen molar-refractivity contribution in [2.45, 2.75) is 26.7 Å². The molecule has 21 heavy (non-hydrogen) atoms. The highest BCUT2D eigenvalue weighted by Crippen LogP contribution is 2.29. The fraction of sp³-hybridized carbons (Fsp3) is 0.267. The van der Waals surface area contributed by atoms with E-state index in [1.807, 2.05) is 12.1 Å². The molecule has 0 saturated carbocycles. The van der Waals surface area contributed by atoms with Crippen LogP contribution in [0.15, 0.2) is 24.5 Å². The number of aryl methyl sites for hydroxylation is 1. The largest absolute Gasteiger partial charge is 0.437 e. The molecule has 0 fully saturated rings. The molecule has 1 N–H and O–H groups in total. The summed E-state index contributed by atoms with van der Waals surface area (Å²) in [5, 5.41) is 0.111. The molecule has 1 aromatic carbocycles. The summed E-state index contributed by atoms with van der Waals surface area (Å²) in [5.74, 6) is 1.56. The van der Waals surface area contributed by atoms with Gasteiger partial charge in [0.25, 0.3) is 0 Å². The minimum absolute atomic E-state index is 0.111. The fourth-order valence-corrected chi connectivity index (χ4v) is 2.48. The van der Waals surface area contributed by atoms with Crippen molar-refractivity contribution < 1.29 is 4.74 Å². The average Bonchev–Trinajstić information content (AvgIpc) is 2.86. The third kappa shape index (κ3) is 2.69. The third-order valence-electron chi connectivity index (χ3n) is 3.30. The summed E-state index contributed by atoms with van der Waals surface area (Å²) in [7, 11) is 0. The first-order valence-corrected chi connectivity index (χ1v) is 7.07. The first kappa shape index (κ1) is 13.8. The Morgan fingerprint density at radius 1 is 1.24 bits per heavy atom. The standard InChI is InChI=1S/C15H15ClN4O/c1-8(2)11-5-4-10(6-9(11)3)21-14-12-13(18-7-17-12)19-15(16)20-14/h4-8H,1-3H3,(H,17,18,19,20). The van der Waals surface area contributed by atoms with Gasteiger partial charge in [0.05, 0.1) is 6.33 Å². The molecule has 0 bridgehead atoms. The summed E-state index contributed by atoms with van der Waals surface area (Å²) < 4.78 is 5.84. The topological polar surface area (TPSA) is 63.7 Å². The predicted molar refractivity (Wildman–Crippen MR) is 82.0 cm³/mol. The number of hydrogen-bond donors (Lipinski definition) is 1. The van der Waals surface area contributed by atoms with E-state index in [0.29, 0.717) is 28.7 Å². The Bertz CT molecular complexity index is 797. The molecular formula is C15H15ClN4O. The second kappa shape index (κ2) is 5.33. The van der Waals surface area contributed by atoms with Crippen LogP contribution in [0.4, 0.5) is 0 Å². The summed E-state index contributed by atoms with van der Waals surface area (Å²) in [6, 6.07) is 6.00. The normalized spacial score (nSPS) is 11.3. The van der Waals surface area contributed by atoms with Gasteiger partial charge in [-0.1, -0.05) is 19.9 Å². The van der Waals surface area contributed by atoms with E-state index in [1.165, 1.54) is 17.5 Å². The minimum Gasteiger partial charge on any atom is -0.437 e. The van der Waals surface area contributed by atoms with Gasteiger partial charge in [0.1, 0.15) is 11.3 Å². The number of aromatic nitrogens is 4. The molecule has 0 aliphatic carbocycles. The Labute approximate surface area is 127 Å². The van der Waals surface area contributed by atoms with E-state index < -0.39 is 0 Å². The number of benzene rings is 1. The highest BCUT2D eigenvalue weighted by molar-refractivity contribution is 6.28. The number of hydrogen-bond acceptors (Lipinski definition) is 4. The number of nitrogens with zero attached hydrogens (tertiary/aromatic N) is 3. The summed E-state index contributed by atoms with van der Waals surface area (Å²) in [6.07, 6.45) is 1.54. The molecular weight excluding hydrogens is 288 g/mol. The summed E-state index contributed by atoms with van der Waals surface area (Å²) >= 11 is 5.89. The summed E-state index contributed by atoms with van der Waals surface area (Å²) in [4.78, 5) is 15.2. The van der Waals surface area contributed by atoms with E-state index in [-0.39, 0.29) is 5.28 Å². The number of H-pyrrole nitrogens is 1. The first-order chi connectivity index (χ1) is 10.0. The second-order valence-electron chi connectivity index (χ2n) is 5.17. The number of fused-ring (bicyclic) bond motifs is 1. The van der Waals surface area contributed by atoms with Gasteiger partial charge in [-0.15, -0.1) is 0 Å². The van der Waals surface area contributed by atoms with Gasteiger partial charge in [-0.25, -0.2) is 4.98 Å². The van der Waals surface area contributed by atoms with Gasteiger partial charge in [0.15, 0.2) is 5.65 Å². The smallest absolute Gasteiger partial charge is 0.250 e. The molecule has 0 aliphatic rings. The van der Waals surface area contributed by atoms with Gasteiger partial charge in [-0.3, -0.25) is 0 Å². The Hall–Kier alpha value is -2.14. The summed E-state index contributed by atoms with van der Waals surface area (Å²) in [6.45, 7) is 6.41. The first-order valence-electron chi connectivity index (χ1n) is 6.69. The number of ether oxygens (including phenoxy) is 1. The number of imidazole rings is 1. The van der Waals surface area contributed by atoms with Crippen molar-refractivity contribution in [2.24, 2.45) is 0 Å². The molecule has 6 heteroatoms. The van der Waals surface area contributed by atoms with Crippen LogP contribution in [0, 0.1) is 6.92 Å². The van der Waals surface area contributed by atoms with Crippen molar-refractivity contribution in [1.29, 1.82) is 0 Å². The Morgan fingerprint density at radius 2 is 2.05 bits per heavy atom. The maximum absolute atomic E-state index is 5.89. The van der Waals surface area contributed by atoms with Gasteiger partial charge in [-0.05, 0) is 47.7 Å². The van der Waals surface area contributed by atoms with Gasteiger partial charge in [-0.2, -0.15) is 9.97 Å². The molecule has 0 amide bonds. The highest BCUT2D eigenvalue weighted by Gasteiger charge is 2.12. The molecule has 0 saturated heterocycles. The lowest BCUT2D eigenvalue weighted by Crippen LogP contribution is -1.95. The monoisotopic (exact) mass is 302 g/mol. The predicted octanol–water partition coefficient (Wildman–Crippen LogP) is 4.23. The van der Waals surface area contributed by atoms with Crippen LogP contribution >= 0.6 is 11.6 Å². The number of rotatable bonds is 3. The van der Waals surface area contributed by atoms with Crippen molar-refractivity contribution in [3.63, 3.8) is 0 Å². The maximum Gasteiger partial charge on any atom is 0.250 e. The third-order valence-corrected chi connectivity index (χ3v) is 3.47. The van der Waals surface area contributed by atoms with Crippen molar-refractivity contribution in [3.8, 4) is 11.6 Å². The molecule has 0 radical (unpaired) electrons. The quantitative estimate of drug-likeness (QED) is 0.735. The van der Waals surface area contributed by atoms with Gasteiger partial charge in [0.2, 0.25) is 11.2 Å². The number of aromatic amines is 1. The molecule has 0 unspecified atom stereocenters. The molecule has 2 heterocycles. The van der Waals surface area contributed by atoms with E-state index in [2.05, 4.69) is 46.8 Å². The van der Waals surface area contributed by atoms with Crippen molar-refractivity contribution in [1.82, 2.24) is 19.9 Å². The highest BCUT2D eigenvalue weighted by atomic mass is 35.5. The molecule has 0 atom stereocenters. The van der Waals surface area contributed by atoms with Crippen LogP contribution in [-0.2, 0) is 0 Å². The molecule has 3 rings (SSSR count). The van der Waals surface area contributed by atoms with E-state index in [4.69, 9.17) is 16.3 Å². The van der Waals surface area contributed by atoms with Crippen LogP contribution in [0.1, 0.15) is 30.9 Å². The van der Waals surface area contributed by atoms with E-state index in [9.17, 15) is 0 Å². The average molecular weight is 303 g/mol. The molecule has 108 valence electrons. The van der Waals surface area contributed by atoms with Gasteiger partial charge in [0, 0.05) is 0 Å². The SMILES string of the molecule is Cc1cc(Oc2nc(Cl)nc3nc[nH]c23)ccc1C(C)C. The van der Waals surface area contributed by atoms with Crippen LogP contribution in [0.2, 0.25) is 5.28 Å². The molecule has 3 aromatic rings. The van der Waals surface area contributed by atoms with Crippen molar-refractivity contribution in [2.75, 3.05) is 0 Å². The van der Waals surface area contributed by atoms with Gasteiger partial charge < -0.3 is 9.72 Å². The Kier molecular flexibility index (Phi) is 3.51. The van der Waals surface area contributed by atoms with Gasteiger partial charge >= 0.3 is 0 Å². The van der Waals surface area contributed by atoms with E-state index in [0.717, 1.165) is 0 Å². The zero-order valence-corrected chi connectivity index (χ0v) is 12.8. The Morgan fingerprint density at radius 3 is 2.76 bits per heavy atom. The number of halogens is 1. The van der Waals surface area contributed by atoms with Crippen LogP contribution in [0.25, 0.3) is 11.2 Å². The molecule has 2 aromatic heterocycles. The second-order valence-corrected chi connectivity index (χ2v) is 5.51. The van der Waals surface area contributed by atoms with Crippen LogP contribution < -0.4 is 4.74 Å². The molecule has 0 aliphatic heterocycles. The maximum atomic E-state index is 5.89. The lowest BCUT2D eigenvalue weighted by Gasteiger charge is -2.12. The lowest BCUT2D eigenvalue weighted by molar-refractivity contribution is 0.466. The summed E-state index contributed by atoms with van der Waals surface area (Å²) in [5.41, 5.74) is 3.60. The zero-order chi connectivity index (χ0) is 15.0. The minimum atomic E-state index is 0.111. The number of nitrogens with one attached hydrogen (secondary N) is 1. The zero-order valence-electron chi connectivity index (χ0n) is 12.0. The van der Waals surface area contributed by atoms with E-state index in [1.54, 1.807) is 0 Å². The molecule has 0 spiro atoms. The van der Waals surface area contributed by atoms with Crippen LogP contribution in [0.5, 0.6) is 11.6 Å².